The SMILES string of the molecule is C1=CC2(CCNCC2)Oc2ccccc21.CCCC. The number of para-hydroxylation sites is 1. The summed E-state index contributed by atoms with van der Waals surface area (Å²) >= 11 is 0. The van der Waals surface area contributed by atoms with E-state index in [2.05, 4.69) is 43.4 Å². The third-order valence-corrected chi connectivity index (χ3v) is 3.75. The first-order chi connectivity index (χ1) is 9.29. The van der Waals surface area contributed by atoms with Crippen LogP contribution in [0.25, 0.3) is 6.08 Å². The molecule has 2 aliphatic rings. The third kappa shape index (κ3) is 3.60. The first-order valence-electron chi connectivity index (χ1n) is 7.47. The predicted molar refractivity (Wildman–Crippen MR) is 81.5 cm³/mol. The minimum absolute atomic E-state index is 0.0421. The third-order valence-electron chi connectivity index (χ3n) is 3.75. The van der Waals surface area contributed by atoms with E-state index in [1.54, 1.807) is 0 Å². The van der Waals surface area contributed by atoms with E-state index in [1.165, 1.54) is 18.4 Å². The molecule has 0 aliphatic carbocycles. The fourth-order valence-corrected chi connectivity index (χ4v) is 2.32. The van der Waals surface area contributed by atoms with Gasteiger partial charge in [0.05, 0.1) is 0 Å². The minimum atomic E-state index is -0.0421. The van der Waals surface area contributed by atoms with Crippen molar-refractivity contribution in [1.29, 1.82) is 0 Å². The maximum Gasteiger partial charge on any atom is 0.130 e. The molecule has 0 saturated carbocycles. The quantitative estimate of drug-likeness (QED) is 0.822. The van der Waals surface area contributed by atoms with E-state index in [0.29, 0.717) is 0 Å². The average Bonchev–Trinajstić information content (AvgIpc) is 2.48. The van der Waals surface area contributed by atoms with Crippen molar-refractivity contribution >= 4 is 6.08 Å². The topological polar surface area (TPSA) is 21.3 Å². The molecule has 0 amide bonds. The van der Waals surface area contributed by atoms with Crippen LogP contribution in [0.4, 0.5) is 0 Å². The van der Waals surface area contributed by atoms with Gasteiger partial charge in [-0.3, -0.25) is 0 Å². The smallest absolute Gasteiger partial charge is 0.130 e. The number of fused-ring (bicyclic) bond motifs is 1. The lowest BCUT2D eigenvalue weighted by atomic mass is 9.89. The van der Waals surface area contributed by atoms with Gasteiger partial charge in [0.25, 0.3) is 0 Å². The second kappa shape index (κ2) is 6.76. The van der Waals surface area contributed by atoms with Crippen LogP contribution in [0, 0.1) is 0 Å². The number of rotatable bonds is 1. The lowest BCUT2D eigenvalue weighted by Gasteiger charge is -2.38. The molecule has 1 spiro atoms. The van der Waals surface area contributed by atoms with Gasteiger partial charge in [-0.1, -0.05) is 51.0 Å². The first-order valence-corrected chi connectivity index (χ1v) is 7.47. The molecule has 1 fully saturated rings. The highest BCUT2D eigenvalue weighted by molar-refractivity contribution is 5.60. The highest BCUT2D eigenvalue weighted by Gasteiger charge is 2.33. The maximum absolute atomic E-state index is 6.13. The van der Waals surface area contributed by atoms with Crippen molar-refractivity contribution in [2.45, 2.75) is 45.1 Å². The summed E-state index contributed by atoms with van der Waals surface area (Å²) < 4.78 is 6.13. The molecule has 2 nitrogen and oxygen atoms in total. The van der Waals surface area contributed by atoms with Crippen molar-refractivity contribution in [2.75, 3.05) is 13.1 Å². The molecule has 1 aromatic rings. The molecule has 3 rings (SSSR count). The zero-order chi connectivity index (χ0) is 13.6. The Hall–Kier alpha value is -1.28. The van der Waals surface area contributed by atoms with Crippen LogP contribution in [-0.2, 0) is 0 Å². The van der Waals surface area contributed by atoms with E-state index >= 15 is 0 Å². The van der Waals surface area contributed by atoms with Crippen LogP contribution >= 0.6 is 0 Å². The van der Waals surface area contributed by atoms with Crippen molar-refractivity contribution in [3.63, 3.8) is 0 Å². The second-order valence-electron chi connectivity index (χ2n) is 5.29. The summed E-state index contributed by atoms with van der Waals surface area (Å²) in [5, 5.41) is 3.37. The molecule has 0 aromatic heterocycles. The Morgan fingerprint density at radius 3 is 2.47 bits per heavy atom. The predicted octanol–water partition coefficient (Wildman–Crippen LogP) is 4.02. The molecule has 2 heteroatoms. The molecule has 19 heavy (non-hydrogen) atoms. The Bertz CT molecular complexity index is 417. The average molecular weight is 259 g/mol. The number of hydrogen-bond donors (Lipinski definition) is 1. The van der Waals surface area contributed by atoms with Gasteiger partial charge in [-0.25, -0.2) is 0 Å². The van der Waals surface area contributed by atoms with E-state index in [1.807, 2.05) is 12.1 Å². The molecule has 0 unspecified atom stereocenters. The van der Waals surface area contributed by atoms with E-state index in [0.717, 1.165) is 31.7 Å². The van der Waals surface area contributed by atoms with Crippen LogP contribution in [0.2, 0.25) is 0 Å². The van der Waals surface area contributed by atoms with Gasteiger partial charge in [0.2, 0.25) is 0 Å². The van der Waals surface area contributed by atoms with E-state index < -0.39 is 0 Å². The van der Waals surface area contributed by atoms with Gasteiger partial charge in [0, 0.05) is 18.4 Å². The molecule has 1 aromatic carbocycles. The molecule has 0 bridgehead atoms. The number of unbranched alkanes of at least 4 members (excludes halogenated alkanes) is 1. The van der Waals surface area contributed by atoms with Gasteiger partial charge in [0.1, 0.15) is 11.4 Å². The molecule has 104 valence electrons. The molecule has 2 aliphatic heterocycles. The Kier molecular flexibility index (Phi) is 5.03. The lowest BCUT2D eigenvalue weighted by molar-refractivity contribution is 0.0823. The number of ether oxygens (including phenoxy) is 1. The summed E-state index contributed by atoms with van der Waals surface area (Å²) in [7, 11) is 0. The molecular formula is C17H25NO. The molecule has 1 saturated heterocycles. The Morgan fingerprint density at radius 1 is 1.11 bits per heavy atom. The minimum Gasteiger partial charge on any atom is -0.482 e. The number of piperidine rings is 1. The van der Waals surface area contributed by atoms with Gasteiger partial charge in [-0.2, -0.15) is 0 Å². The molecule has 0 radical (unpaired) electrons. The van der Waals surface area contributed by atoms with Crippen LogP contribution in [0.3, 0.4) is 0 Å². The molecule has 0 atom stereocenters. The largest absolute Gasteiger partial charge is 0.482 e. The van der Waals surface area contributed by atoms with E-state index in [9.17, 15) is 0 Å². The summed E-state index contributed by atoms with van der Waals surface area (Å²) in [4.78, 5) is 0. The van der Waals surface area contributed by atoms with Gasteiger partial charge in [-0.05, 0) is 25.2 Å². The monoisotopic (exact) mass is 259 g/mol. The van der Waals surface area contributed by atoms with Crippen LogP contribution in [-0.4, -0.2) is 18.7 Å². The van der Waals surface area contributed by atoms with Crippen molar-refractivity contribution < 1.29 is 4.74 Å². The lowest BCUT2D eigenvalue weighted by Crippen LogP contribution is -2.45. The van der Waals surface area contributed by atoms with Crippen LogP contribution in [0.15, 0.2) is 30.3 Å². The zero-order valence-corrected chi connectivity index (χ0v) is 12.1. The summed E-state index contributed by atoms with van der Waals surface area (Å²) in [6.07, 6.45) is 9.20. The number of hydrogen-bond acceptors (Lipinski definition) is 2. The van der Waals surface area contributed by atoms with E-state index in [-0.39, 0.29) is 5.60 Å². The Labute approximate surface area is 116 Å². The highest BCUT2D eigenvalue weighted by Crippen LogP contribution is 2.35. The maximum atomic E-state index is 6.13. The molecule has 2 heterocycles. The van der Waals surface area contributed by atoms with Crippen molar-refractivity contribution in [3.05, 3.63) is 35.9 Å². The van der Waals surface area contributed by atoms with Gasteiger partial charge in [0.15, 0.2) is 0 Å². The molecule has 1 N–H and O–H groups in total. The standard InChI is InChI=1S/C13H15NO.C4H10/c1-2-4-12-11(3-1)5-6-13(15-12)7-9-14-10-8-13;1-3-4-2/h1-6,14H,7-10H2;3-4H2,1-2H3. The van der Waals surface area contributed by atoms with Crippen molar-refractivity contribution in [1.82, 2.24) is 5.32 Å². The first kappa shape index (κ1) is 14.1. The van der Waals surface area contributed by atoms with E-state index in [4.69, 9.17) is 4.74 Å². The Morgan fingerprint density at radius 2 is 1.79 bits per heavy atom. The summed E-state index contributed by atoms with van der Waals surface area (Å²) in [6, 6.07) is 8.24. The summed E-state index contributed by atoms with van der Waals surface area (Å²) in [5.41, 5.74) is 1.15. The van der Waals surface area contributed by atoms with Crippen molar-refractivity contribution in [3.8, 4) is 5.75 Å². The van der Waals surface area contributed by atoms with Gasteiger partial charge < -0.3 is 10.1 Å². The Balaban J connectivity index is 0.000000297. The second-order valence-corrected chi connectivity index (χ2v) is 5.29. The van der Waals surface area contributed by atoms with Crippen LogP contribution in [0.1, 0.15) is 45.1 Å². The highest BCUT2D eigenvalue weighted by atomic mass is 16.5. The fourth-order valence-electron chi connectivity index (χ4n) is 2.32. The number of benzene rings is 1. The van der Waals surface area contributed by atoms with Crippen LogP contribution in [0.5, 0.6) is 5.75 Å². The van der Waals surface area contributed by atoms with Crippen LogP contribution < -0.4 is 10.1 Å². The van der Waals surface area contributed by atoms with Gasteiger partial charge >= 0.3 is 0 Å². The summed E-state index contributed by atoms with van der Waals surface area (Å²) in [5.74, 6) is 1.03. The zero-order valence-electron chi connectivity index (χ0n) is 12.1. The summed E-state index contributed by atoms with van der Waals surface area (Å²) in [6.45, 7) is 6.46. The normalized spacial score (nSPS) is 19.1. The van der Waals surface area contributed by atoms with Gasteiger partial charge in [-0.15, -0.1) is 0 Å². The van der Waals surface area contributed by atoms with Crippen molar-refractivity contribution in [2.24, 2.45) is 0 Å². The fraction of sp³-hybridized carbons (Fsp3) is 0.529. The molecular weight excluding hydrogens is 234 g/mol. The number of nitrogens with one attached hydrogen (secondary N) is 1.